The average Bonchev–Trinajstić information content (AvgIpc) is 1.97. The molecule has 0 aliphatic heterocycles. The van der Waals surface area contributed by atoms with Crippen LogP contribution in [-0.2, 0) is 0 Å². The Morgan fingerprint density at radius 1 is 1.00 bits per heavy atom. The van der Waals surface area contributed by atoms with Gasteiger partial charge in [-0.15, -0.1) is 0 Å². The van der Waals surface area contributed by atoms with E-state index >= 15 is 0 Å². The maximum Gasteiger partial charge on any atom is 0.116 e. The Morgan fingerprint density at radius 3 is 1.92 bits per heavy atom. The van der Waals surface area contributed by atoms with Crippen molar-refractivity contribution in [3.63, 3.8) is 0 Å². The highest BCUT2D eigenvalue weighted by molar-refractivity contribution is 6.77. The van der Waals surface area contributed by atoms with Crippen LogP contribution in [0.25, 0.3) is 0 Å². The largest absolute Gasteiger partial charge is 0.337 e. The van der Waals surface area contributed by atoms with Crippen molar-refractivity contribution >= 4 is 16.3 Å². The predicted octanol–water partition coefficient (Wildman–Crippen LogP) is 3.53. The number of rotatable bonds is 6. The topological polar surface area (TPSA) is 12.0 Å². The zero-order valence-corrected chi connectivity index (χ0v) is 12.3. The SMILES string of the molecule is CC[Si](C)(C)CCCN[Si](C)(C)C. The lowest BCUT2D eigenvalue weighted by molar-refractivity contribution is 0.826. The van der Waals surface area contributed by atoms with Crippen LogP contribution < -0.4 is 4.98 Å². The minimum absolute atomic E-state index is 0.798. The van der Waals surface area contributed by atoms with Crippen molar-refractivity contribution < 1.29 is 0 Å². The first-order valence-electron chi connectivity index (χ1n) is 5.52. The van der Waals surface area contributed by atoms with E-state index in [1.165, 1.54) is 25.1 Å². The smallest absolute Gasteiger partial charge is 0.116 e. The van der Waals surface area contributed by atoms with Crippen molar-refractivity contribution in [2.75, 3.05) is 6.54 Å². The van der Waals surface area contributed by atoms with Gasteiger partial charge in [0, 0.05) is 8.07 Å². The van der Waals surface area contributed by atoms with Crippen molar-refractivity contribution in [2.24, 2.45) is 0 Å². The van der Waals surface area contributed by atoms with Crippen LogP contribution in [0.2, 0.25) is 44.8 Å². The van der Waals surface area contributed by atoms with E-state index in [0.29, 0.717) is 0 Å². The first-order chi connectivity index (χ1) is 5.77. The molecule has 0 rings (SSSR count). The molecule has 0 unspecified atom stereocenters. The molecule has 0 aromatic rings. The molecule has 0 saturated carbocycles. The van der Waals surface area contributed by atoms with Gasteiger partial charge in [-0.1, -0.05) is 51.7 Å². The minimum atomic E-state index is -0.998. The Hall–Kier alpha value is 0.394. The molecule has 1 nitrogen and oxygen atoms in total. The Balaban J connectivity index is 3.47. The summed E-state index contributed by atoms with van der Waals surface area (Å²) >= 11 is 0. The molecular weight excluding hydrogens is 190 g/mol. The molecule has 80 valence electrons. The summed E-state index contributed by atoms with van der Waals surface area (Å²) in [6.45, 7) is 15.7. The van der Waals surface area contributed by atoms with Crippen molar-refractivity contribution in [3.05, 3.63) is 0 Å². The fourth-order valence-electron chi connectivity index (χ4n) is 1.21. The van der Waals surface area contributed by atoms with Gasteiger partial charge in [0.25, 0.3) is 0 Å². The molecular formula is C10H27NSi2. The number of nitrogens with one attached hydrogen (secondary N) is 1. The van der Waals surface area contributed by atoms with E-state index in [2.05, 4.69) is 44.6 Å². The second-order valence-electron chi connectivity index (χ2n) is 5.80. The molecule has 0 saturated heterocycles. The maximum absolute atomic E-state index is 3.68. The van der Waals surface area contributed by atoms with Crippen LogP contribution in [-0.4, -0.2) is 22.9 Å². The molecule has 0 fully saturated rings. The third-order valence-corrected chi connectivity index (χ3v) is 7.57. The summed E-state index contributed by atoms with van der Waals surface area (Å²) in [6.07, 6.45) is 1.39. The molecule has 0 atom stereocenters. The van der Waals surface area contributed by atoms with Crippen LogP contribution in [0, 0.1) is 0 Å². The molecule has 0 heterocycles. The third kappa shape index (κ3) is 8.72. The molecule has 0 aromatic heterocycles. The second-order valence-corrected chi connectivity index (χ2v) is 16.2. The van der Waals surface area contributed by atoms with Crippen molar-refractivity contribution in [1.29, 1.82) is 0 Å². The van der Waals surface area contributed by atoms with E-state index in [1.54, 1.807) is 0 Å². The summed E-state index contributed by atoms with van der Waals surface area (Å²) in [5.41, 5.74) is 0. The van der Waals surface area contributed by atoms with Gasteiger partial charge < -0.3 is 4.98 Å². The maximum atomic E-state index is 3.68. The zero-order chi connectivity index (χ0) is 10.5. The van der Waals surface area contributed by atoms with Gasteiger partial charge in [-0.3, -0.25) is 0 Å². The number of hydrogen-bond donors (Lipinski definition) is 1. The Bertz CT molecular complexity index is 138. The van der Waals surface area contributed by atoms with E-state index in [0.717, 1.165) is 0 Å². The van der Waals surface area contributed by atoms with Crippen molar-refractivity contribution in [2.45, 2.75) is 58.2 Å². The van der Waals surface area contributed by atoms with E-state index in [1.807, 2.05) is 0 Å². The Morgan fingerprint density at radius 2 is 1.54 bits per heavy atom. The van der Waals surface area contributed by atoms with Crippen LogP contribution >= 0.6 is 0 Å². The molecule has 0 aliphatic rings. The molecule has 0 aromatic carbocycles. The molecule has 0 bridgehead atoms. The normalized spacial score (nSPS) is 13.4. The summed E-state index contributed by atoms with van der Waals surface area (Å²) in [6, 6.07) is 2.92. The van der Waals surface area contributed by atoms with E-state index in [4.69, 9.17) is 0 Å². The van der Waals surface area contributed by atoms with Gasteiger partial charge in [0.1, 0.15) is 8.24 Å². The summed E-state index contributed by atoms with van der Waals surface area (Å²) < 4.78 is 0. The van der Waals surface area contributed by atoms with Gasteiger partial charge in [0.15, 0.2) is 0 Å². The summed E-state index contributed by atoms with van der Waals surface area (Å²) in [7, 11) is -1.80. The molecule has 1 N–H and O–H groups in total. The van der Waals surface area contributed by atoms with Crippen LogP contribution in [0.1, 0.15) is 13.3 Å². The van der Waals surface area contributed by atoms with Crippen LogP contribution in [0.4, 0.5) is 0 Å². The lowest BCUT2D eigenvalue weighted by atomic mass is 10.5. The van der Waals surface area contributed by atoms with Gasteiger partial charge in [-0.05, 0) is 13.0 Å². The van der Waals surface area contributed by atoms with Gasteiger partial charge in [0.05, 0.1) is 0 Å². The lowest BCUT2D eigenvalue weighted by Gasteiger charge is -2.22. The summed E-state index contributed by atoms with van der Waals surface area (Å²) in [5.74, 6) is 0. The molecule has 0 aliphatic carbocycles. The standard InChI is InChI=1S/C10H27NSi2/c1-7-13(5,6)10-8-9-11-12(2,3)4/h11H,7-10H2,1-6H3. The lowest BCUT2D eigenvalue weighted by Crippen LogP contribution is -2.42. The average molecular weight is 218 g/mol. The Labute approximate surface area is 86.4 Å². The Kier molecular flexibility index (Phi) is 5.48. The van der Waals surface area contributed by atoms with Gasteiger partial charge in [0.2, 0.25) is 0 Å². The first kappa shape index (κ1) is 13.4. The predicted molar refractivity (Wildman–Crippen MR) is 68.7 cm³/mol. The summed E-state index contributed by atoms with van der Waals surface area (Å²) in [4.78, 5) is 3.68. The van der Waals surface area contributed by atoms with E-state index < -0.39 is 16.3 Å². The van der Waals surface area contributed by atoms with Gasteiger partial charge in [-0.25, -0.2) is 0 Å². The molecule has 0 spiro atoms. The quantitative estimate of drug-likeness (QED) is 0.530. The van der Waals surface area contributed by atoms with Crippen LogP contribution in [0.5, 0.6) is 0 Å². The monoisotopic (exact) mass is 217 g/mol. The fourth-order valence-corrected chi connectivity index (χ4v) is 3.62. The molecule has 13 heavy (non-hydrogen) atoms. The first-order valence-corrected chi connectivity index (χ1v) is 12.4. The summed E-state index contributed by atoms with van der Waals surface area (Å²) in [5, 5.41) is 0. The van der Waals surface area contributed by atoms with Crippen molar-refractivity contribution in [1.82, 2.24) is 4.98 Å². The fraction of sp³-hybridized carbons (Fsp3) is 1.00. The van der Waals surface area contributed by atoms with Crippen molar-refractivity contribution in [3.8, 4) is 0 Å². The third-order valence-electron chi connectivity index (χ3n) is 2.64. The highest BCUT2D eigenvalue weighted by atomic mass is 28.3. The van der Waals surface area contributed by atoms with Gasteiger partial charge >= 0.3 is 0 Å². The molecule has 3 heteroatoms. The van der Waals surface area contributed by atoms with Gasteiger partial charge in [-0.2, -0.15) is 0 Å². The highest BCUT2D eigenvalue weighted by Gasteiger charge is 2.17. The number of hydrogen-bond acceptors (Lipinski definition) is 1. The highest BCUT2D eigenvalue weighted by Crippen LogP contribution is 2.16. The molecule has 0 radical (unpaired) electrons. The van der Waals surface area contributed by atoms with E-state index in [-0.39, 0.29) is 0 Å². The minimum Gasteiger partial charge on any atom is -0.337 e. The van der Waals surface area contributed by atoms with E-state index in [9.17, 15) is 0 Å². The molecule has 0 amide bonds. The zero-order valence-electron chi connectivity index (χ0n) is 10.3. The second kappa shape index (κ2) is 5.32. The van der Waals surface area contributed by atoms with Crippen LogP contribution in [0.15, 0.2) is 0 Å². The van der Waals surface area contributed by atoms with Crippen LogP contribution in [0.3, 0.4) is 0 Å².